The van der Waals surface area contributed by atoms with Gasteiger partial charge in [0.05, 0.1) is 6.61 Å². The highest BCUT2D eigenvalue weighted by atomic mass is 16.7. The summed E-state index contributed by atoms with van der Waals surface area (Å²) in [6.45, 7) is 3.40. The Hall–Kier alpha value is -1.18. The first-order valence-electron chi connectivity index (χ1n) is 6.79. The smallest absolute Gasteiger partial charge is 0.232 e. The molecule has 6 heteroatoms. The quantitative estimate of drug-likeness (QED) is 0.628. The lowest BCUT2D eigenvalue weighted by Gasteiger charge is -2.56. The molecule has 0 spiro atoms. The fraction of sp³-hybridized carbons (Fsp3) is 0.600. The Kier molecular flexibility index (Phi) is 4.03. The van der Waals surface area contributed by atoms with E-state index < -0.39 is 35.8 Å². The highest BCUT2D eigenvalue weighted by molar-refractivity contribution is 5.23. The average Bonchev–Trinajstić information content (AvgIpc) is 2.42. The van der Waals surface area contributed by atoms with Crippen LogP contribution in [0.4, 0.5) is 0 Å². The third-order valence-electron chi connectivity index (χ3n) is 4.50. The maximum atomic E-state index is 10.6. The van der Waals surface area contributed by atoms with Gasteiger partial charge in [0, 0.05) is 0 Å². The van der Waals surface area contributed by atoms with Crippen molar-refractivity contribution in [3.63, 3.8) is 0 Å². The summed E-state index contributed by atoms with van der Waals surface area (Å²) in [6.07, 6.45) is -2.34. The van der Waals surface area contributed by atoms with E-state index in [2.05, 4.69) is 0 Å². The van der Waals surface area contributed by atoms with Crippen LogP contribution in [-0.2, 0) is 4.74 Å². The minimum atomic E-state index is -1.95. The predicted octanol–water partition coefficient (Wildman–Crippen LogP) is 0.0356. The molecule has 4 N–H and O–H groups in total. The molecule has 0 aliphatic carbocycles. The van der Waals surface area contributed by atoms with Crippen LogP contribution in [0.5, 0.6) is 5.75 Å². The van der Waals surface area contributed by atoms with Crippen LogP contribution in [-0.4, -0.2) is 56.2 Å². The maximum Gasteiger partial charge on any atom is 0.232 e. The molecule has 1 aromatic carbocycles. The molecule has 6 nitrogen and oxygen atoms in total. The van der Waals surface area contributed by atoms with Crippen LogP contribution in [0.3, 0.4) is 0 Å². The zero-order valence-electron chi connectivity index (χ0n) is 12.4. The van der Waals surface area contributed by atoms with Crippen molar-refractivity contribution in [2.75, 3.05) is 6.61 Å². The fourth-order valence-electron chi connectivity index (χ4n) is 2.46. The van der Waals surface area contributed by atoms with E-state index in [1.54, 1.807) is 24.3 Å². The van der Waals surface area contributed by atoms with E-state index in [1.165, 1.54) is 20.8 Å². The van der Waals surface area contributed by atoms with Crippen LogP contribution >= 0.6 is 0 Å². The number of hydrogen-bond donors (Lipinski definition) is 4. The third kappa shape index (κ3) is 2.43. The van der Waals surface area contributed by atoms with Gasteiger partial charge in [0.2, 0.25) is 6.29 Å². The molecule has 0 amide bonds. The van der Waals surface area contributed by atoms with Crippen molar-refractivity contribution >= 4 is 0 Å². The van der Waals surface area contributed by atoms with E-state index in [9.17, 15) is 20.4 Å². The number of benzene rings is 1. The lowest BCUT2D eigenvalue weighted by Crippen LogP contribution is -2.78. The summed E-state index contributed by atoms with van der Waals surface area (Å²) < 4.78 is 11.1. The molecule has 5 atom stereocenters. The second-order valence-corrected chi connectivity index (χ2v) is 5.94. The van der Waals surface area contributed by atoms with Gasteiger partial charge in [-0.2, -0.15) is 0 Å². The first-order chi connectivity index (χ1) is 9.64. The summed E-state index contributed by atoms with van der Waals surface area (Å²) in [7, 11) is 0. The minimum Gasteiger partial charge on any atom is -0.462 e. The molecule has 1 fully saturated rings. The van der Waals surface area contributed by atoms with Crippen molar-refractivity contribution in [2.45, 2.75) is 50.0 Å². The maximum absolute atomic E-state index is 10.6. The van der Waals surface area contributed by atoms with E-state index in [0.29, 0.717) is 5.75 Å². The lowest BCUT2D eigenvalue weighted by atomic mass is 9.68. The first-order valence-corrected chi connectivity index (χ1v) is 6.79. The Balaban J connectivity index is 2.34. The molecule has 0 unspecified atom stereocenters. The van der Waals surface area contributed by atoms with Gasteiger partial charge in [0.25, 0.3) is 0 Å². The number of aliphatic hydroxyl groups excluding tert-OH is 1. The third-order valence-corrected chi connectivity index (χ3v) is 4.50. The Morgan fingerprint density at radius 2 is 1.62 bits per heavy atom. The van der Waals surface area contributed by atoms with Gasteiger partial charge in [-0.3, -0.25) is 0 Å². The molecule has 0 saturated carbocycles. The summed E-state index contributed by atoms with van der Waals surface area (Å²) in [5.74, 6) is 0.441. The molecule has 0 aromatic heterocycles. The SMILES string of the molecule is C[C@@]1(O)[C@@](C)(O)[C@H](Oc2ccccc2)O[C@@H](CO)[C@]1(C)O. The van der Waals surface area contributed by atoms with Gasteiger partial charge < -0.3 is 29.9 Å². The highest BCUT2D eigenvalue weighted by Crippen LogP contribution is 2.44. The van der Waals surface area contributed by atoms with E-state index >= 15 is 0 Å². The van der Waals surface area contributed by atoms with Crippen LogP contribution in [0.2, 0.25) is 0 Å². The number of para-hydroxylation sites is 1. The second-order valence-electron chi connectivity index (χ2n) is 5.94. The summed E-state index contributed by atoms with van der Waals surface area (Å²) in [5.41, 5.74) is -5.69. The summed E-state index contributed by atoms with van der Waals surface area (Å²) in [4.78, 5) is 0. The monoisotopic (exact) mass is 298 g/mol. The fourth-order valence-corrected chi connectivity index (χ4v) is 2.46. The van der Waals surface area contributed by atoms with Gasteiger partial charge >= 0.3 is 0 Å². The van der Waals surface area contributed by atoms with Gasteiger partial charge in [-0.15, -0.1) is 0 Å². The Morgan fingerprint density at radius 1 is 1.05 bits per heavy atom. The zero-order chi connectivity index (χ0) is 15.9. The summed E-state index contributed by atoms with van der Waals surface area (Å²) >= 11 is 0. The van der Waals surface area contributed by atoms with Crippen molar-refractivity contribution < 1.29 is 29.9 Å². The van der Waals surface area contributed by atoms with Crippen molar-refractivity contribution in [1.82, 2.24) is 0 Å². The standard InChI is InChI=1S/C15H22O6/c1-13(17)11(9-16)21-12(14(2,18)15(13,3)19)20-10-7-5-4-6-8-10/h4-8,11-12,16-19H,9H2,1-3H3/t11-,12+,13-,14-,15-/m0/s1. The molecule has 1 heterocycles. The number of hydrogen-bond acceptors (Lipinski definition) is 6. The Labute approximate surface area is 123 Å². The highest BCUT2D eigenvalue weighted by Gasteiger charge is 2.66. The lowest BCUT2D eigenvalue weighted by molar-refractivity contribution is -0.376. The number of aliphatic hydroxyl groups is 4. The summed E-state index contributed by atoms with van der Waals surface area (Å²) in [6, 6.07) is 8.67. The van der Waals surface area contributed by atoms with Crippen molar-refractivity contribution in [1.29, 1.82) is 0 Å². The molecule has 0 radical (unpaired) electrons. The number of ether oxygens (including phenoxy) is 2. The van der Waals surface area contributed by atoms with Gasteiger partial charge in [-0.1, -0.05) is 18.2 Å². The van der Waals surface area contributed by atoms with E-state index in [1.807, 2.05) is 6.07 Å². The molecule has 1 aromatic rings. The molecule has 2 rings (SSSR count). The van der Waals surface area contributed by atoms with Crippen molar-refractivity contribution in [3.8, 4) is 5.75 Å². The molecule has 21 heavy (non-hydrogen) atoms. The Bertz CT molecular complexity index is 482. The minimum absolute atomic E-state index is 0.441. The topological polar surface area (TPSA) is 99.4 Å². The van der Waals surface area contributed by atoms with Crippen LogP contribution in [0, 0.1) is 0 Å². The molecule has 118 valence electrons. The molecular formula is C15H22O6. The van der Waals surface area contributed by atoms with Crippen LogP contribution in [0.15, 0.2) is 30.3 Å². The largest absolute Gasteiger partial charge is 0.462 e. The zero-order valence-corrected chi connectivity index (χ0v) is 12.4. The van der Waals surface area contributed by atoms with E-state index in [-0.39, 0.29) is 0 Å². The second kappa shape index (κ2) is 5.23. The molecule has 1 aliphatic rings. The molecule has 0 bridgehead atoms. The van der Waals surface area contributed by atoms with Gasteiger partial charge in [0.1, 0.15) is 23.1 Å². The van der Waals surface area contributed by atoms with Gasteiger partial charge in [-0.25, -0.2) is 0 Å². The van der Waals surface area contributed by atoms with Crippen molar-refractivity contribution in [3.05, 3.63) is 30.3 Å². The first kappa shape index (κ1) is 16.2. The van der Waals surface area contributed by atoms with Gasteiger partial charge in [0.15, 0.2) is 5.60 Å². The van der Waals surface area contributed by atoms with E-state index in [4.69, 9.17) is 9.47 Å². The number of rotatable bonds is 3. The van der Waals surface area contributed by atoms with Gasteiger partial charge in [-0.05, 0) is 32.9 Å². The van der Waals surface area contributed by atoms with Crippen LogP contribution in [0.1, 0.15) is 20.8 Å². The molecule has 1 aliphatic heterocycles. The summed E-state index contributed by atoms with van der Waals surface area (Å²) in [5, 5.41) is 41.1. The van der Waals surface area contributed by atoms with E-state index in [0.717, 1.165) is 0 Å². The Morgan fingerprint density at radius 3 is 2.14 bits per heavy atom. The average molecular weight is 298 g/mol. The predicted molar refractivity (Wildman–Crippen MR) is 74.7 cm³/mol. The molecular weight excluding hydrogens is 276 g/mol. The van der Waals surface area contributed by atoms with Crippen molar-refractivity contribution in [2.24, 2.45) is 0 Å². The van der Waals surface area contributed by atoms with Crippen LogP contribution < -0.4 is 4.74 Å². The normalized spacial score (nSPS) is 43.6. The molecule has 1 saturated heterocycles. The van der Waals surface area contributed by atoms with Crippen LogP contribution in [0.25, 0.3) is 0 Å².